The number of hydrogen-bond acceptors (Lipinski definition) is 3. The number of nitrogens with zero attached hydrogens (tertiary/aromatic N) is 2. The standard InChI is InChI=1S/C21H34N4O/c1-22-21(24-17-10-4-3-5-11-17)23-16-19(25-14-8-9-15-25)18-12-6-7-13-20(18)26-2/h6-7,12-13,17,19H,3-5,8-11,14-16H2,1-2H3,(H2,22,23,24). The molecule has 0 aromatic heterocycles. The van der Waals surface area contributed by atoms with Crippen LogP contribution in [0, 0.1) is 0 Å². The average Bonchev–Trinajstić information content (AvgIpc) is 3.23. The highest BCUT2D eigenvalue weighted by atomic mass is 16.5. The molecule has 0 amide bonds. The van der Waals surface area contributed by atoms with Gasteiger partial charge in [-0.15, -0.1) is 0 Å². The van der Waals surface area contributed by atoms with E-state index in [1.807, 2.05) is 13.1 Å². The van der Waals surface area contributed by atoms with Gasteiger partial charge in [-0.05, 0) is 44.8 Å². The first-order valence-electron chi connectivity index (χ1n) is 10.2. The molecule has 0 radical (unpaired) electrons. The zero-order valence-electron chi connectivity index (χ0n) is 16.3. The summed E-state index contributed by atoms with van der Waals surface area (Å²) < 4.78 is 5.64. The molecule has 26 heavy (non-hydrogen) atoms. The lowest BCUT2D eigenvalue weighted by atomic mass is 9.96. The first kappa shape index (κ1) is 19.0. The van der Waals surface area contributed by atoms with E-state index in [1.54, 1.807) is 7.11 Å². The van der Waals surface area contributed by atoms with Gasteiger partial charge in [-0.3, -0.25) is 9.89 Å². The van der Waals surface area contributed by atoms with Crippen LogP contribution in [-0.4, -0.2) is 50.7 Å². The van der Waals surface area contributed by atoms with Crippen LogP contribution in [-0.2, 0) is 0 Å². The van der Waals surface area contributed by atoms with Crippen molar-refractivity contribution < 1.29 is 4.74 Å². The van der Waals surface area contributed by atoms with Gasteiger partial charge < -0.3 is 15.4 Å². The predicted octanol–water partition coefficient (Wildman–Crippen LogP) is 3.33. The van der Waals surface area contributed by atoms with Crippen LogP contribution in [0.1, 0.15) is 56.6 Å². The maximum atomic E-state index is 5.64. The van der Waals surface area contributed by atoms with Gasteiger partial charge in [0.05, 0.1) is 13.2 Å². The van der Waals surface area contributed by atoms with Crippen LogP contribution in [0.15, 0.2) is 29.3 Å². The van der Waals surface area contributed by atoms with Gasteiger partial charge in [0.15, 0.2) is 5.96 Å². The summed E-state index contributed by atoms with van der Waals surface area (Å²) in [6.45, 7) is 3.14. The maximum absolute atomic E-state index is 5.64. The Morgan fingerprint density at radius 3 is 2.58 bits per heavy atom. The Bertz CT molecular complexity index is 577. The van der Waals surface area contributed by atoms with E-state index in [2.05, 4.69) is 38.7 Å². The highest BCUT2D eigenvalue weighted by molar-refractivity contribution is 5.80. The molecule has 1 saturated heterocycles. The first-order chi connectivity index (χ1) is 12.8. The van der Waals surface area contributed by atoms with Gasteiger partial charge in [-0.1, -0.05) is 37.5 Å². The quantitative estimate of drug-likeness (QED) is 0.605. The highest BCUT2D eigenvalue weighted by Crippen LogP contribution is 2.31. The molecule has 1 aliphatic heterocycles. The van der Waals surface area contributed by atoms with E-state index in [0.717, 1.165) is 31.3 Å². The number of ether oxygens (including phenoxy) is 1. The van der Waals surface area contributed by atoms with Crippen LogP contribution in [0.3, 0.4) is 0 Å². The lowest BCUT2D eigenvalue weighted by Crippen LogP contribution is -2.46. The number of likely N-dealkylation sites (tertiary alicyclic amines) is 1. The molecule has 1 unspecified atom stereocenters. The van der Waals surface area contributed by atoms with Crippen molar-refractivity contribution in [3.63, 3.8) is 0 Å². The minimum Gasteiger partial charge on any atom is -0.496 e. The Balaban J connectivity index is 1.67. The van der Waals surface area contributed by atoms with Gasteiger partial charge in [0.25, 0.3) is 0 Å². The third-order valence-electron chi connectivity index (χ3n) is 5.71. The second-order valence-corrected chi connectivity index (χ2v) is 7.43. The van der Waals surface area contributed by atoms with Crippen LogP contribution in [0.2, 0.25) is 0 Å². The second kappa shape index (κ2) is 9.81. The number of methoxy groups -OCH3 is 1. The minimum absolute atomic E-state index is 0.304. The molecule has 3 rings (SSSR count). The SMILES string of the molecule is CN=C(NCC(c1ccccc1OC)N1CCCC1)NC1CCCCC1. The summed E-state index contributed by atoms with van der Waals surface area (Å²) in [6.07, 6.45) is 9.08. The summed E-state index contributed by atoms with van der Waals surface area (Å²) in [5.41, 5.74) is 1.26. The summed E-state index contributed by atoms with van der Waals surface area (Å²) in [4.78, 5) is 7.03. The third kappa shape index (κ3) is 4.91. The molecule has 1 aromatic carbocycles. The summed E-state index contributed by atoms with van der Waals surface area (Å²) >= 11 is 0. The van der Waals surface area contributed by atoms with E-state index in [-0.39, 0.29) is 0 Å². The minimum atomic E-state index is 0.304. The van der Waals surface area contributed by atoms with Crippen LogP contribution < -0.4 is 15.4 Å². The monoisotopic (exact) mass is 358 g/mol. The molecule has 1 heterocycles. The molecule has 2 N–H and O–H groups in total. The molecule has 2 aliphatic rings. The van der Waals surface area contributed by atoms with Crippen LogP contribution >= 0.6 is 0 Å². The first-order valence-corrected chi connectivity index (χ1v) is 10.2. The predicted molar refractivity (Wildman–Crippen MR) is 108 cm³/mol. The summed E-state index contributed by atoms with van der Waals surface area (Å²) in [6, 6.07) is 9.27. The van der Waals surface area contributed by atoms with Gasteiger partial charge in [0, 0.05) is 25.2 Å². The number of rotatable bonds is 6. The lowest BCUT2D eigenvalue weighted by molar-refractivity contribution is 0.239. The topological polar surface area (TPSA) is 48.9 Å². The Morgan fingerprint density at radius 1 is 1.15 bits per heavy atom. The number of para-hydroxylation sites is 1. The van der Waals surface area contributed by atoms with Crippen molar-refractivity contribution in [2.24, 2.45) is 4.99 Å². The van der Waals surface area contributed by atoms with Crippen LogP contribution in [0.5, 0.6) is 5.75 Å². The van der Waals surface area contributed by atoms with E-state index in [1.165, 1.54) is 50.5 Å². The van der Waals surface area contributed by atoms with E-state index < -0.39 is 0 Å². The van der Waals surface area contributed by atoms with Gasteiger partial charge in [0.2, 0.25) is 0 Å². The van der Waals surface area contributed by atoms with Crippen molar-refractivity contribution in [2.45, 2.75) is 57.0 Å². The molecule has 1 aliphatic carbocycles. The molecule has 1 atom stereocenters. The Hall–Kier alpha value is -1.75. The summed E-state index contributed by atoms with van der Waals surface area (Å²) in [5, 5.41) is 7.21. The number of aliphatic imine (C=N–C) groups is 1. The van der Waals surface area contributed by atoms with E-state index in [4.69, 9.17) is 4.74 Å². The van der Waals surface area contributed by atoms with E-state index >= 15 is 0 Å². The van der Waals surface area contributed by atoms with E-state index in [9.17, 15) is 0 Å². The molecule has 144 valence electrons. The Labute approximate surface area is 158 Å². The summed E-state index contributed by atoms with van der Waals surface area (Å²) in [7, 11) is 3.63. The number of hydrogen-bond donors (Lipinski definition) is 2. The van der Waals surface area contributed by atoms with Crippen molar-refractivity contribution in [1.29, 1.82) is 0 Å². The van der Waals surface area contributed by atoms with Crippen molar-refractivity contribution in [3.8, 4) is 5.75 Å². The summed E-state index contributed by atoms with van der Waals surface area (Å²) in [5.74, 6) is 1.90. The largest absolute Gasteiger partial charge is 0.496 e. The number of nitrogens with one attached hydrogen (secondary N) is 2. The molecule has 2 fully saturated rings. The third-order valence-corrected chi connectivity index (χ3v) is 5.71. The van der Waals surface area contributed by atoms with Gasteiger partial charge in [0.1, 0.15) is 5.75 Å². The molecular weight excluding hydrogens is 324 g/mol. The zero-order valence-corrected chi connectivity index (χ0v) is 16.3. The molecule has 0 bridgehead atoms. The number of guanidine groups is 1. The van der Waals surface area contributed by atoms with Crippen molar-refractivity contribution >= 4 is 5.96 Å². The molecule has 0 spiro atoms. The Morgan fingerprint density at radius 2 is 1.88 bits per heavy atom. The normalized spacial score (nSPS) is 20.8. The fraction of sp³-hybridized carbons (Fsp3) is 0.667. The number of benzene rings is 1. The van der Waals surface area contributed by atoms with Crippen molar-refractivity contribution in [1.82, 2.24) is 15.5 Å². The van der Waals surface area contributed by atoms with Crippen molar-refractivity contribution in [2.75, 3.05) is 33.8 Å². The van der Waals surface area contributed by atoms with Crippen molar-refractivity contribution in [3.05, 3.63) is 29.8 Å². The fourth-order valence-electron chi connectivity index (χ4n) is 4.26. The van der Waals surface area contributed by atoms with Gasteiger partial charge in [-0.25, -0.2) is 0 Å². The zero-order chi connectivity index (χ0) is 18.2. The van der Waals surface area contributed by atoms with Crippen LogP contribution in [0.25, 0.3) is 0 Å². The Kier molecular flexibility index (Phi) is 7.18. The molecule has 1 saturated carbocycles. The molecule has 5 heteroatoms. The maximum Gasteiger partial charge on any atom is 0.191 e. The van der Waals surface area contributed by atoms with Crippen LogP contribution in [0.4, 0.5) is 0 Å². The highest BCUT2D eigenvalue weighted by Gasteiger charge is 2.26. The second-order valence-electron chi connectivity index (χ2n) is 7.43. The lowest BCUT2D eigenvalue weighted by Gasteiger charge is -2.31. The molecular formula is C21H34N4O. The smallest absolute Gasteiger partial charge is 0.191 e. The van der Waals surface area contributed by atoms with Gasteiger partial charge in [-0.2, -0.15) is 0 Å². The van der Waals surface area contributed by atoms with E-state index in [0.29, 0.717) is 12.1 Å². The fourth-order valence-corrected chi connectivity index (χ4v) is 4.26. The molecule has 1 aromatic rings. The molecule has 5 nitrogen and oxygen atoms in total. The van der Waals surface area contributed by atoms with Gasteiger partial charge >= 0.3 is 0 Å². The average molecular weight is 359 g/mol.